The topological polar surface area (TPSA) is 120 Å². The highest BCUT2D eigenvalue weighted by atomic mass is 32.2. The van der Waals surface area contributed by atoms with E-state index in [9.17, 15) is 13.2 Å². The number of ether oxygens (including phenoxy) is 2. The molecule has 0 saturated carbocycles. The summed E-state index contributed by atoms with van der Waals surface area (Å²) in [7, 11) is -2.61. The van der Waals surface area contributed by atoms with Crippen LogP contribution >= 0.6 is 0 Å². The monoisotopic (exact) mass is 471 g/mol. The molecule has 0 unspecified atom stereocenters. The molecular weight excluding hydrogens is 446 g/mol. The first kappa shape index (κ1) is 23.9. The lowest BCUT2D eigenvalue weighted by atomic mass is 10.2. The third-order valence-corrected chi connectivity index (χ3v) is 5.91. The second-order valence-corrected chi connectivity index (χ2v) is 8.62. The first-order chi connectivity index (χ1) is 15.7. The number of sulfonamides is 1. The van der Waals surface area contributed by atoms with Crippen LogP contribution in [-0.2, 0) is 14.8 Å². The van der Waals surface area contributed by atoms with Gasteiger partial charge in [0.1, 0.15) is 27.8 Å². The average molecular weight is 472 g/mol. The van der Waals surface area contributed by atoms with E-state index in [4.69, 9.17) is 14.0 Å². The summed E-state index contributed by atoms with van der Waals surface area (Å²) in [5.74, 6) is 0.687. The molecule has 0 bridgehead atoms. The van der Waals surface area contributed by atoms with E-state index in [0.717, 1.165) is 0 Å². The van der Waals surface area contributed by atoms with Crippen molar-refractivity contribution in [1.82, 2.24) is 5.16 Å². The van der Waals surface area contributed by atoms with E-state index in [1.807, 2.05) is 6.92 Å². The molecular formula is C23H25N3O6S. The number of nitrogens with zero attached hydrogens (tertiary/aromatic N) is 1. The molecule has 0 aliphatic rings. The van der Waals surface area contributed by atoms with Crippen molar-refractivity contribution in [1.29, 1.82) is 0 Å². The Morgan fingerprint density at radius 3 is 2.61 bits per heavy atom. The molecule has 174 valence electrons. The van der Waals surface area contributed by atoms with Gasteiger partial charge < -0.3 is 19.3 Å². The summed E-state index contributed by atoms with van der Waals surface area (Å²) in [6, 6.07) is 11.5. The molecule has 0 fully saturated rings. The third-order valence-electron chi connectivity index (χ3n) is 4.53. The molecule has 0 aliphatic heterocycles. The fourth-order valence-corrected chi connectivity index (χ4v) is 4.32. The molecule has 0 spiro atoms. The number of rotatable bonds is 9. The minimum Gasteiger partial charge on any atom is -0.495 e. The summed E-state index contributed by atoms with van der Waals surface area (Å²) in [6.07, 6.45) is 3.25. The zero-order valence-corrected chi connectivity index (χ0v) is 19.5. The molecule has 0 saturated heterocycles. The van der Waals surface area contributed by atoms with E-state index in [1.165, 1.54) is 20.1 Å². The molecule has 0 radical (unpaired) electrons. The Balaban J connectivity index is 1.95. The van der Waals surface area contributed by atoms with Gasteiger partial charge in [-0.25, -0.2) is 8.42 Å². The van der Waals surface area contributed by atoms with Gasteiger partial charge >= 0.3 is 0 Å². The quantitative estimate of drug-likeness (QED) is 0.477. The lowest BCUT2D eigenvalue weighted by Gasteiger charge is -2.15. The van der Waals surface area contributed by atoms with Crippen molar-refractivity contribution in [3.63, 3.8) is 0 Å². The number of anilines is 2. The predicted molar refractivity (Wildman–Crippen MR) is 126 cm³/mol. The molecule has 0 atom stereocenters. The zero-order valence-electron chi connectivity index (χ0n) is 18.7. The molecule has 3 rings (SSSR count). The third kappa shape index (κ3) is 5.72. The van der Waals surface area contributed by atoms with E-state index < -0.39 is 10.0 Å². The van der Waals surface area contributed by atoms with Gasteiger partial charge in [0.2, 0.25) is 5.91 Å². The van der Waals surface area contributed by atoms with Gasteiger partial charge in [-0.05, 0) is 49.8 Å². The van der Waals surface area contributed by atoms with E-state index >= 15 is 0 Å². The lowest BCUT2D eigenvalue weighted by molar-refractivity contribution is -0.114. The van der Waals surface area contributed by atoms with Crippen molar-refractivity contribution in [2.24, 2.45) is 0 Å². The minimum atomic E-state index is -4.00. The van der Waals surface area contributed by atoms with Crippen LogP contribution in [0, 0.1) is 6.92 Å². The molecule has 2 N–H and O–H groups in total. The highest BCUT2D eigenvalue weighted by Gasteiger charge is 2.22. The molecule has 0 aliphatic carbocycles. The SMILES string of the molecule is CCOc1ccccc1NS(=O)(=O)c1cc(/C=C\c2onc(C)c2NC(C)=O)ccc1OC. The number of methoxy groups -OCH3 is 1. The van der Waals surface area contributed by atoms with Gasteiger partial charge in [-0.1, -0.05) is 29.4 Å². The predicted octanol–water partition coefficient (Wildman–Crippen LogP) is 4.32. The van der Waals surface area contributed by atoms with Crippen LogP contribution in [0.5, 0.6) is 11.5 Å². The van der Waals surface area contributed by atoms with Crippen LogP contribution in [0.25, 0.3) is 12.2 Å². The van der Waals surface area contributed by atoms with Crippen molar-refractivity contribution in [3.05, 3.63) is 59.5 Å². The second kappa shape index (κ2) is 10.2. The lowest BCUT2D eigenvalue weighted by Crippen LogP contribution is -2.15. The number of hydrogen-bond donors (Lipinski definition) is 2. The minimum absolute atomic E-state index is 0.0470. The number of benzene rings is 2. The molecule has 9 nitrogen and oxygen atoms in total. The Morgan fingerprint density at radius 2 is 1.91 bits per heavy atom. The maximum Gasteiger partial charge on any atom is 0.265 e. The standard InChI is InChI=1S/C23H25N3O6S/c1-5-31-19-9-7-6-8-18(19)26-33(28,29)22-14-17(10-12-20(22)30-4)11-13-21-23(24-16(3)27)15(2)25-32-21/h6-14,26H,5H2,1-4H3,(H,24,27)/b13-11-. The highest BCUT2D eigenvalue weighted by molar-refractivity contribution is 7.92. The van der Waals surface area contributed by atoms with Gasteiger partial charge in [0, 0.05) is 6.92 Å². The first-order valence-electron chi connectivity index (χ1n) is 10.1. The summed E-state index contributed by atoms with van der Waals surface area (Å²) < 4.78 is 45.0. The number of carbonyl (C=O) groups is 1. The molecule has 1 amide bonds. The van der Waals surface area contributed by atoms with Crippen LogP contribution in [0.15, 0.2) is 51.9 Å². The van der Waals surface area contributed by atoms with Crippen LogP contribution in [0.3, 0.4) is 0 Å². The fourth-order valence-electron chi connectivity index (χ4n) is 3.04. The highest BCUT2D eigenvalue weighted by Crippen LogP contribution is 2.31. The first-order valence-corrected chi connectivity index (χ1v) is 11.6. The maximum atomic E-state index is 13.2. The number of carbonyl (C=O) groups excluding carboxylic acids is 1. The maximum absolute atomic E-state index is 13.2. The molecule has 33 heavy (non-hydrogen) atoms. The smallest absolute Gasteiger partial charge is 0.265 e. The zero-order chi connectivity index (χ0) is 24.0. The number of nitrogens with one attached hydrogen (secondary N) is 2. The summed E-state index contributed by atoms with van der Waals surface area (Å²) in [4.78, 5) is 11.4. The largest absolute Gasteiger partial charge is 0.495 e. The molecule has 1 heterocycles. The summed E-state index contributed by atoms with van der Waals surface area (Å²) in [6.45, 7) is 5.30. The van der Waals surface area contributed by atoms with Gasteiger partial charge in [-0.3, -0.25) is 9.52 Å². The van der Waals surface area contributed by atoms with E-state index in [1.54, 1.807) is 55.5 Å². The van der Waals surface area contributed by atoms with Crippen LogP contribution in [0.4, 0.5) is 11.4 Å². The van der Waals surface area contributed by atoms with E-state index in [-0.39, 0.29) is 16.6 Å². The van der Waals surface area contributed by atoms with Gasteiger partial charge in [-0.15, -0.1) is 0 Å². The van der Waals surface area contributed by atoms with Gasteiger partial charge in [0.05, 0.1) is 19.4 Å². The van der Waals surface area contributed by atoms with E-state index in [0.29, 0.717) is 40.7 Å². The van der Waals surface area contributed by atoms with Crippen LogP contribution in [0.2, 0.25) is 0 Å². The van der Waals surface area contributed by atoms with Crippen molar-refractivity contribution in [2.45, 2.75) is 25.7 Å². The Kier molecular flexibility index (Phi) is 7.39. The van der Waals surface area contributed by atoms with Crippen molar-refractivity contribution in [2.75, 3.05) is 23.8 Å². The molecule has 2 aromatic carbocycles. The normalized spacial score (nSPS) is 11.4. The Labute approximate surface area is 192 Å². The fraction of sp³-hybridized carbons (Fsp3) is 0.217. The van der Waals surface area contributed by atoms with Crippen LogP contribution in [-0.4, -0.2) is 33.2 Å². The van der Waals surface area contributed by atoms with Gasteiger partial charge in [0.25, 0.3) is 10.0 Å². The van der Waals surface area contributed by atoms with E-state index in [2.05, 4.69) is 15.2 Å². The molecule has 10 heteroatoms. The second-order valence-electron chi connectivity index (χ2n) is 6.97. The molecule has 3 aromatic rings. The Hall–Kier alpha value is -3.79. The van der Waals surface area contributed by atoms with Crippen LogP contribution in [0.1, 0.15) is 30.9 Å². The number of para-hydroxylation sites is 2. The number of hydrogen-bond acceptors (Lipinski definition) is 7. The number of aromatic nitrogens is 1. The number of amides is 1. The van der Waals surface area contributed by atoms with Crippen molar-refractivity contribution >= 4 is 39.5 Å². The average Bonchev–Trinajstić information content (AvgIpc) is 3.12. The summed E-state index contributed by atoms with van der Waals surface area (Å²) in [5.41, 5.74) is 1.87. The number of aryl methyl sites for hydroxylation is 1. The van der Waals surface area contributed by atoms with Crippen LogP contribution < -0.4 is 19.5 Å². The van der Waals surface area contributed by atoms with Gasteiger partial charge in [0.15, 0.2) is 5.76 Å². The summed E-state index contributed by atoms with van der Waals surface area (Å²) >= 11 is 0. The summed E-state index contributed by atoms with van der Waals surface area (Å²) in [5, 5.41) is 6.53. The van der Waals surface area contributed by atoms with Crippen molar-refractivity contribution in [3.8, 4) is 11.5 Å². The Morgan fingerprint density at radius 1 is 1.15 bits per heavy atom. The Bertz CT molecular complexity index is 1280. The van der Waals surface area contributed by atoms with Gasteiger partial charge in [-0.2, -0.15) is 0 Å². The molecule has 1 aromatic heterocycles. The van der Waals surface area contributed by atoms with Crippen molar-refractivity contribution < 1.29 is 27.2 Å².